The number of fused-ring (bicyclic) bond motifs is 1. The number of amides is 1. The van der Waals surface area contributed by atoms with Crippen molar-refractivity contribution in [2.24, 2.45) is 0 Å². The van der Waals surface area contributed by atoms with Gasteiger partial charge >= 0.3 is 0 Å². The van der Waals surface area contributed by atoms with Crippen molar-refractivity contribution in [1.82, 2.24) is 14.9 Å². The average Bonchev–Trinajstić information content (AvgIpc) is 3.19. The number of carbonyl (C=O) groups is 1. The van der Waals surface area contributed by atoms with Gasteiger partial charge in [-0.25, -0.2) is 4.98 Å². The number of hydrogen-bond acceptors (Lipinski definition) is 7. The summed E-state index contributed by atoms with van der Waals surface area (Å²) in [5.41, 5.74) is 1.38. The molecule has 1 amide bonds. The molecule has 0 bridgehead atoms. The van der Waals surface area contributed by atoms with Gasteiger partial charge in [0.25, 0.3) is 0 Å². The van der Waals surface area contributed by atoms with Crippen molar-refractivity contribution in [2.45, 2.75) is 30.6 Å². The summed E-state index contributed by atoms with van der Waals surface area (Å²) >= 11 is 0.978. The predicted octanol–water partition coefficient (Wildman–Crippen LogP) is 0.285. The molecular formula is C16H21N3O5S. The number of aromatic nitrogens is 2. The van der Waals surface area contributed by atoms with Crippen LogP contribution in [-0.4, -0.2) is 63.1 Å². The molecule has 0 aliphatic carbocycles. The highest BCUT2D eigenvalue weighted by Gasteiger charge is 2.37. The molecule has 2 unspecified atom stereocenters. The average molecular weight is 367 g/mol. The molecule has 8 nitrogen and oxygen atoms in total. The van der Waals surface area contributed by atoms with Crippen molar-refractivity contribution >= 4 is 29.0 Å². The Kier molecular flexibility index (Phi) is 6.27. The number of benzene rings is 1. The molecule has 25 heavy (non-hydrogen) atoms. The van der Waals surface area contributed by atoms with Crippen LogP contribution in [0.4, 0.5) is 0 Å². The number of para-hydroxylation sites is 2. The largest absolute Gasteiger partial charge is 0.394 e. The summed E-state index contributed by atoms with van der Waals surface area (Å²) in [6.45, 7) is 1.04. The van der Waals surface area contributed by atoms with Gasteiger partial charge in [-0.1, -0.05) is 12.1 Å². The molecule has 9 heteroatoms. The molecule has 3 N–H and O–H groups in total. The second kappa shape index (κ2) is 8.63. The Morgan fingerprint density at radius 1 is 1.44 bits per heavy atom. The van der Waals surface area contributed by atoms with Gasteiger partial charge in [-0.3, -0.25) is 4.79 Å². The lowest BCUT2D eigenvalue weighted by Gasteiger charge is -2.14. The molecule has 1 aliphatic heterocycles. The normalized spacial score (nSPS) is 23.2. The van der Waals surface area contributed by atoms with E-state index in [0.717, 1.165) is 23.1 Å². The van der Waals surface area contributed by atoms with Crippen LogP contribution in [0, 0.1) is 0 Å². The first kappa shape index (κ1) is 18.2. The Labute approximate surface area is 149 Å². The molecule has 136 valence electrons. The van der Waals surface area contributed by atoms with E-state index in [1.54, 1.807) is 6.33 Å². The van der Waals surface area contributed by atoms with E-state index in [2.05, 4.69) is 10.3 Å². The number of aliphatic hydroxyl groups is 2. The Balaban J connectivity index is 1.35. The molecule has 1 fully saturated rings. The standard InChI is InChI=1S/C16H21N3O5S/c20-9-13-15(22)16(25-24-13)23-8-5-14(21)17-6-7-19-10-18-11-3-1-2-4-12(11)19/h1-4,10,13,15-16,20,22H,5-9H2,(H,17,21)/t13-,15?,16?/m1/s1. The highest BCUT2D eigenvalue weighted by molar-refractivity contribution is 7.95. The van der Waals surface area contributed by atoms with Crippen molar-refractivity contribution < 1.29 is 23.9 Å². The summed E-state index contributed by atoms with van der Waals surface area (Å²) in [4.78, 5) is 16.2. The minimum absolute atomic E-state index is 0.124. The number of carbonyl (C=O) groups excluding carboxylic acids is 1. The summed E-state index contributed by atoms with van der Waals surface area (Å²) in [5.74, 6) is -0.124. The first-order valence-electron chi connectivity index (χ1n) is 8.08. The van der Waals surface area contributed by atoms with Crippen LogP contribution in [0.25, 0.3) is 11.0 Å². The van der Waals surface area contributed by atoms with E-state index in [1.807, 2.05) is 28.8 Å². The molecule has 3 rings (SSSR count). The van der Waals surface area contributed by atoms with Gasteiger partial charge in [0.2, 0.25) is 5.91 Å². The van der Waals surface area contributed by atoms with Crippen molar-refractivity contribution in [2.75, 3.05) is 19.8 Å². The zero-order valence-electron chi connectivity index (χ0n) is 13.6. The van der Waals surface area contributed by atoms with E-state index in [1.165, 1.54) is 0 Å². The third kappa shape index (κ3) is 4.50. The van der Waals surface area contributed by atoms with Crippen molar-refractivity contribution in [3.05, 3.63) is 30.6 Å². The lowest BCUT2D eigenvalue weighted by molar-refractivity contribution is -0.122. The summed E-state index contributed by atoms with van der Waals surface area (Å²) in [6.07, 6.45) is 0.412. The van der Waals surface area contributed by atoms with E-state index in [0.29, 0.717) is 13.1 Å². The quantitative estimate of drug-likeness (QED) is 0.576. The number of aliphatic hydroxyl groups excluding tert-OH is 2. The Bertz CT molecular complexity index is 710. The van der Waals surface area contributed by atoms with Crippen LogP contribution in [-0.2, 0) is 20.3 Å². The van der Waals surface area contributed by atoms with E-state index in [9.17, 15) is 9.90 Å². The number of hydrogen-bond donors (Lipinski definition) is 3. The summed E-state index contributed by atoms with van der Waals surface area (Å²) in [5, 5.41) is 21.6. The lowest BCUT2D eigenvalue weighted by Crippen LogP contribution is -2.34. The van der Waals surface area contributed by atoms with Crippen LogP contribution >= 0.6 is 12.0 Å². The fraction of sp³-hybridized carbons (Fsp3) is 0.500. The van der Waals surface area contributed by atoms with Gasteiger partial charge in [0.05, 0.1) is 37.0 Å². The van der Waals surface area contributed by atoms with Gasteiger partial charge in [-0.05, 0) is 12.1 Å². The zero-order chi connectivity index (χ0) is 17.6. The van der Waals surface area contributed by atoms with Crippen LogP contribution in [0.1, 0.15) is 6.42 Å². The highest BCUT2D eigenvalue weighted by atomic mass is 32.2. The Hall–Kier alpha value is -1.65. The minimum Gasteiger partial charge on any atom is -0.394 e. The zero-order valence-corrected chi connectivity index (χ0v) is 14.4. The van der Waals surface area contributed by atoms with Gasteiger partial charge in [0.15, 0.2) is 5.44 Å². The maximum Gasteiger partial charge on any atom is 0.222 e. The van der Waals surface area contributed by atoms with Gasteiger partial charge in [-0.15, -0.1) is 0 Å². The monoisotopic (exact) mass is 367 g/mol. The highest BCUT2D eigenvalue weighted by Crippen LogP contribution is 2.30. The summed E-state index contributed by atoms with van der Waals surface area (Å²) in [7, 11) is 0. The third-order valence-corrected chi connectivity index (χ3v) is 4.89. The molecule has 2 heterocycles. The molecule has 1 saturated heterocycles. The number of nitrogens with zero attached hydrogens (tertiary/aromatic N) is 2. The molecular weight excluding hydrogens is 346 g/mol. The number of rotatable bonds is 8. The van der Waals surface area contributed by atoms with Crippen LogP contribution in [0.3, 0.4) is 0 Å². The fourth-order valence-corrected chi connectivity index (χ4v) is 3.41. The smallest absolute Gasteiger partial charge is 0.222 e. The molecule has 3 atom stereocenters. The minimum atomic E-state index is -0.896. The second-order valence-corrected chi connectivity index (χ2v) is 6.52. The van der Waals surface area contributed by atoms with Crippen molar-refractivity contribution in [3.8, 4) is 0 Å². The fourth-order valence-electron chi connectivity index (χ4n) is 2.54. The van der Waals surface area contributed by atoms with Crippen LogP contribution in [0.2, 0.25) is 0 Å². The number of imidazole rings is 1. The number of ether oxygens (including phenoxy) is 1. The van der Waals surface area contributed by atoms with Crippen molar-refractivity contribution in [3.63, 3.8) is 0 Å². The molecule has 1 aromatic heterocycles. The maximum atomic E-state index is 11.9. The van der Waals surface area contributed by atoms with E-state index in [-0.39, 0.29) is 25.5 Å². The maximum absolute atomic E-state index is 11.9. The molecule has 0 radical (unpaired) electrons. The molecule has 0 spiro atoms. The number of nitrogens with one attached hydrogen (secondary N) is 1. The van der Waals surface area contributed by atoms with Gasteiger partial charge < -0.3 is 29.0 Å². The van der Waals surface area contributed by atoms with E-state index < -0.39 is 17.6 Å². The van der Waals surface area contributed by atoms with Crippen LogP contribution in [0.15, 0.2) is 30.6 Å². The lowest BCUT2D eigenvalue weighted by atomic mass is 10.2. The molecule has 2 aromatic rings. The first-order valence-corrected chi connectivity index (χ1v) is 8.88. The second-order valence-electron chi connectivity index (χ2n) is 5.67. The molecule has 1 aliphatic rings. The Morgan fingerprint density at radius 2 is 2.28 bits per heavy atom. The van der Waals surface area contributed by atoms with Crippen LogP contribution in [0.5, 0.6) is 0 Å². The van der Waals surface area contributed by atoms with Gasteiger partial charge in [-0.2, -0.15) is 0 Å². The van der Waals surface area contributed by atoms with Gasteiger partial charge in [0.1, 0.15) is 12.2 Å². The third-order valence-electron chi connectivity index (χ3n) is 3.93. The summed E-state index contributed by atoms with van der Waals surface area (Å²) in [6, 6.07) is 7.83. The van der Waals surface area contributed by atoms with Crippen LogP contribution < -0.4 is 5.32 Å². The van der Waals surface area contributed by atoms with Gasteiger partial charge in [0, 0.05) is 25.1 Å². The van der Waals surface area contributed by atoms with E-state index >= 15 is 0 Å². The molecule has 0 saturated carbocycles. The SMILES string of the molecule is O=C(CCOC1SO[C@H](CO)C1O)NCCn1cnc2ccccc21. The predicted molar refractivity (Wildman–Crippen MR) is 92.7 cm³/mol. The summed E-state index contributed by atoms with van der Waals surface area (Å²) < 4.78 is 12.5. The first-order chi connectivity index (χ1) is 12.2. The van der Waals surface area contributed by atoms with Crippen molar-refractivity contribution in [1.29, 1.82) is 0 Å². The molecule has 1 aromatic carbocycles. The van der Waals surface area contributed by atoms with E-state index in [4.69, 9.17) is 14.0 Å². The topological polar surface area (TPSA) is 106 Å². The Morgan fingerprint density at radius 3 is 3.08 bits per heavy atom.